The highest BCUT2D eigenvalue weighted by molar-refractivity contribution is 5.97. The molecule has 0 spiro atoms. The third kappa shape index (κ3) is 5.85. The lowest BCUT2D eigenvalue weighted by Gasteiger charge is -2.09. The Bertz CT molecular complexity index is 532. The zero-order valence-electron chi connectivity index (χ0n) is 11.8. The maximum absolute atomic E-state index is 11.6. The lowest BCUT2D eigenvalue weighted by atomic mass is 10.2. The third-order valence-corrected chi connectivity index (χ3v) is 2.18. The number of nitrogens with zero attached hydrogens (tertiary/aromatic N) is 2. The number of nitrogens with one attached hydrogen (secondary N) is 2. The minimum Gasteiger partial charge on any atom is -0.451 e. The van der Waals surface area contributed by atoms with E-state index in [1.807, 2.05) is 19.2 Å². The Balaban J connectivity index is 2.38. The van der Waals surface area contributed by atoms with Crippen LogP contribution in [0.1, 0.15) is 24.3 Å². The molecule has 9 heteroatoms. The van der Waals surface area contributed by atoms with Crippen molar-refractivity contribution >= 4 is 23.7 Å². The SMILES string of the molecule is CC(C)CNC(=O)NC(=O)COC(=O)c1nccnc1N. The second-order valence-corrected chi connectivity index (χ2v) is 4.52. The first-order valence-corrected chi connectivity index (χ1v) is 6.21. The van der Waals surface area contributed by atoms with Crippen LogP contribution in [-0.4, -0.2) is 41.0 Å². The van der Waals surface area contributed by atoms with Crippen molar-refractivity contribution in [2.24, 2.45) is 5.92 Å². The molecule has 0 aliphatic carbocycles. The summed E-state index contributed by atoms with van der Waals surface area (Å²) in [7, 11) is 0. The van der Waals surface area contributed by atoms with Crippen LogP contribution in [-0.2, 0) is 9.53 Å². The van der Waals surface area contributed by atoms with Gasteiger partial charge in [-0.15, -0.1) is 0 Å². The zero-order valence-corrected chi connectivity index (χ0v) is 11.8. The average Bonchev–Trinajstić information content (AvgIpc) is 2.43. The van der Waals surface area contributed by atoms with Crippen molar-refractivity contribution < 1.29 is 19.1 Å². The van der Waals surface area contributed by atoms with Gasteiger partial charge in [-0.1, -0.05) is 13.8 Å². The van der Waals surface area contributed by atoms with Gasteiger partial charge in [0.25, 0.3) is 5.91 Å². The minimum atomic E-state index is -0.890. The number of amides is 3. The molecule has 4 N–H and O–H groups in total. The molecule has 0 saturated heterocycles. The molecule has 1 rings (SSSR count). The highest BCUT2D eigenvalue weighted by Crippen LogP contribution is 2.04. The summed E-state index contributed by atoms with van der Waals surface area (Å²) in [6, 6.07) is -0.649. The van der Waals surface area contributed by atoms with Crippen molar-refractivity contribution in [3.8, 4) is 0 Å². The fourth-order valence-electron chi connectivity index (χ4n) is 1.21. The highest BCUT2D eigenvalue weighted by atomic mass is 16.5. The van der Waals surface area contributed by atoms with Crippen LogP contribution < -0.4 is 16.4 Å². The Kier molecular flexibility index (Phi) is 6.05. The largest absolute Gasteiger partial charge is 0.451 e. The number of nitrogen functional groups attached to an aromatic ring is 1. The molecule has 0 atom stereocenters. The number of carbonyl (C=O) groups excluding carboxylic acids is 3. The number of urea groups is 1. The molecule has 0 aliphatic rings. The van der Waals surface area contributed by atoms with E-state index >= 15 is 0 Å². The maximum atomic E-state index is 11.6. The maximum Gasteiger partial charge on any atom is 0.361 e. The molecule has 1 aromatic rings. The molecule has 0 bridgehead atoms. The topological polar surface area (TPSA) is 136 Å². The molecule has 0 aromatic carbocycles. The fourth-order valence-corrected chi connectivity index (χ4v) is 1.21. The van der Waals surface area contributed by atoms with Gasteiger partial charge in [0.1, 0.15) is 0 Å². The molecule has 1 aromatic heterocycles. The number of rotatable bonds is 5. The molecular weight excluding hydrogens is 278 g/mol. The lowest BCUT2D eigenvalue weighted by Crippen LogP contribution is -2.42. The zero-order chi connectivity index (χ0) is 15.8. The number of hydrogen-bond acceptors (Lipinski definition) is 7. The van der Waals surface area contributed by atoms with Gasteiger partial charge in [0, 0.05) is 18.9 Å². The highest BCUT2D eigenvalue weighted by Gasteiger charge is 2.16. The lowest BCUT2D eigenvalue weighted by molar-refractivity contribution is -0.123. The van der Waals surface area contributed by atoms with Gasteiger partial charge in [-0.3, -0.25) is 10.1 Å². The summed E-state index contributed by atoms with van der Waals surface area (Å²) in [5, 5.41) is 4.51. The first kappa shape index (κ1) is 16.3. The molecule has 114 valence electrons. The fraction of sp³-hybridized carbons (Fsp3) is 0.417. The molecule has 1 heterocycles. The van der Waals surface area contributed by atoms with Gasteiger partial charge in [0.2, 0.25) is 0 Å². The Labute approximate surface area is 121 Å². The van der Waals surface area contributed by atoms with E-state index in [2.05, 4.69) is 20.0 Å². The molecule has 0 unspecified atom stereocenters. The van der Waals surface area contributed by atoms with Crippen molar-refractivity contribution in [2.45, 2.75) is 13.8 Å². The Morgan fingerprint density at radius 3 is 2.57 bits per heavy atom. The smallest absolute Gasteiger partial charge is 0.361 e. The van der Waals surface area contributed by atoms with E-state index in [1.54, 1.807) is 0 Å². The van der Waals surface area contributed by atoms with Gasteiger partial charge in [-0.05, 0) is 5.92 Å². The van der Waals surface area contributed by atoms with E-state index in [0.717, 1.165) is 0 Å². The van der Waals surface area contributed by atoms with Crippen molar-refractivity contribution in [1.29, 1.82) is 0 Å². The monoisotopic (exact) mass is 295 g/mol. The van der Waals surface area contributed by atoms with E-state index in [4.69, 9.17) is 5.73 Å². The molecule has 0 fully saturated rings. The van der Waals surface area contributed by atoms with Crippen molar-refractivity contribution in [2.75, 3.05) is 18.9 Å². The van der Waals surface area contributed by atoms with E-state index in [-0.39, 0.29) is 17.4 Å². The van der Waals surface area contributed by atoms with Crippen molar-refractivity contribution in [1.82, 2.24) is 20.6 Å². The number of nitrogens with two attached hydrogens (primary N) is 1. The molecule has 21 heavy (non-hydrogen) atoms. The van der Waals surface area contributed by atoms with Gasteiger partial charge in [0.05, 0.1) is 0 Å². The molecule has 3 amide bonds. The molecular formula is C12H17N5O4. The van der Waals surface area contributed by atoms with Crippen LogP contribution in [0.4, 0.5) is 10.6 Å². The van der Waals surface area contributed by atoms with Crippen LogP contribution in [0, 0.1) is 5.92 Å². The molecule has 0 aliphatic heterocycles. The summed E-state index contributed by atoms with van der Waals surface area (Å²) in [5.41, 5.74) is 5.25. The first-order valence-electron chi connectivity index (χ1n) is 6.21. The molecule has 0 saturated carbocycles. The van der Waals surface area contributed by atoms with E-state index < -0.39 is 24.5 Å². The number of carbonyl (C=O) groups is 3. The summed E-state index contributed by atoms with van der Waals surface area (Å²) in [4.78, 5) is 41.6. The Morgan fingerprint density at radius 1 is 1.29 bits per heavy atom. The average molecular weight is 295 g/mol. The molecule has 0 radical (unpaired) electrons. The summed E-state index contributed by atoms with van der Waals surface area (Å²) in [6.45, 7) is 3.63. The van der Waals surface area contributed by atoms with Crippen LogP contribution >= 0.6 is 0 Å². The van der Waals surface area contributed by atoms with Crippen LogP contribution in [0.5, 0.6) is 0 Å². The van der Waals surface area contributed by atoms with Gasteiger partial charge in [0.15, 0.2) is 18.1 Å². The van der Waals surface area contributed by atoms with Gasteiger partial charge >= 0.3 is 12.0 Å². The normalized spacial score (nSPS) is 10.0. The summed E-state index contributed by atoms with van der Waals surface area (Å²) < 4.78 is 4.68. The van der Waals surface area contributed by atoms with Crippen LogP contribution in [0.2, 0.25) is 0 Å². The van der Waals surface area contributed by atoms with Crippen LogP contribution in [0.25, 0.3) is 0 Å². The number of esters is 1. The summed E-state index contributed by atoms with van der Waals surface area (Å²) in [6.07, 6.45) is 2.59. The van der Waals surface area contributed by atoms with Crippen molar-refractivity contribution in [3.05, 3.63) is 18.1 Å². The number of aromatic nitrogens is 2. The predicted octanol–water partition coefficient (Wildman–Crippen LogP) is -0.303. The van der Waals surface area contributed by atoms with Gasteiger partial charge in [-0.2, -0.15) is 0 Å². The quantitative estimate of drug-likeness (QED) is 0.634. The predicted molar refractivity (Wildman–Crippen MR) is 73.1 cm³/mol. The summed E-state index contributed by atoms with van der Waals surface area (Å²) in [5.74, 6) is -1.49. The Hall–Kier alpha value is -2.71. The van der Waals surface area contributed by atoms with Gasteiger partial charge in [-0.25, -0.2) is 19.6 Å². The summed E-state index contributed by atoms with van der Waals surface area (Å²) >= 11 is 0. The molecule has 9 nitrogen and oxygen atoms in total. The van der Waals surface area contributed by atoms with Crippen LogP contribution in [0.15, 0.2) is 12.4 Å². The second kappa shape index (κ2) is 7.78. The van der Waals surface area contributed by atoms with E-state index in [1.165, 1.54) is 12.4 Å². The number of hydrogen-bond donors (Lipinski definition) is 3. The number of anilines is 1. The van der Waals surface area contributed by atoms with E-state index in [9.17, 15) is 14.4 Å². The van der Waals surface area contributed by atoms with E-state index in [0.29, 0.717) is 6.54 Å². The van der Waals surface area contributed by atoms with Gasteiger partial charge < -0.3 is 15.8 Å². The second-order valence-electron chi connectivity index (χ2n) is 4.52. The van der Waals surface area contributed by atoms with Crippen molar-refractivity contribution in [3.63, 3.8) is 0 Å². The first-order chi connectivity index (χ1) is 9.90. The number of imide groups is 1. The minimum absolute atomic E-state index is 0.0995. The van der Waals surface area contributed by atoms with Crippen LogP contribution in [0.3, 0.4) is 0 Å². The Morgan fingerprint density at radius 2 is 1.95 bits per heavy atom. The number of ether oxygens (including phenoxy) is 1. The third-order valence-electron chi connectivity index (χ3n) is 2.18. The standard InChI is InChI=1S/C12H17N5O4/c1-7(2)5-16-12(20)17-8(18)6-21-11(19)9-10(13)15-4-3-14-9/h3-4,7H,5-6H2,1-2H3,(H2,13,15)(H2,16,17,18,20).